The van der Waals surface area contributed by atoms with Crippen molar-refractivity contribution in [2.75, 3.05) is 18.0 Å². The minimum atomic E-state index is -4.51. The highest BCUT2D eigenvalue weighted by Crippen LogP contribution is 2.43. The first-order chi connectivity index (χ1) is 17.8. The molecule has 11 heteroatoms. The number of tetrazole rings is 1. The molecule has 0 radical (unpaired) electrons. The molecule has 4 aromatic rings. The average Bonchev–Trinajstić information content (AvgIpc) is 3.44. The molecule has 0 aliphatic carbocycles. The second-order valence-corrected chi connectivity index (χ2v) is 10.4. The molecule has 1 fully saturated rings. The molecular weight excluding hydrogens is 499 g/mol. The van der Waals surface area contributed by atoms with Gasteiger partial charge < -0.3 is 4.90 Å². The van der Waals surface area contributed by atoms with E-state index in [1.54, 1.807) is 12.1 Å². The summed E-state index contributed by atoms with van der Waals surface area (Å²) in [5.74, 6) is 1.62. The molecular formula is C26H26F3N7S. The van der Waals surface area contributed by atoms with Gasteiger partial charge in [0.1, 0.15) is 12.1 Å². The molecule has 1 atom stereocenters. The summed E-state index contributed by atoms with van der Waals surface area (Å²) in [6, 6.07) is 13.7. The Morgan fingerprint density at radius 3 is 2.65 bits per heavy atom. The maximum absolute atomic E-state index is 14.2. The lowest BCUT2D eigenvalue weighted by Crippen LogP contribution is -2.35. The van der Waals surface area contributed by atoms with E-state index in [9.17, 15) is 13.2 Å². The van der Waals surface area contributed by atoms with E-state index in [0.29, 0.717) is 29.4 Å². The molecule has 1 N–H and O–H groups in total. The van der Waals surface area contributed by atoms with Crippen molar-refractivity contribution in [3.63, 3.8) is 0 Å². The van der Waals surface area contributed by atoms with Gasteiger partial charge in [0.2, 0.25) is 0 Å². The number of aromatic amines is 1. The highest BCUT2D eigenvalue weighted by molar-refractivity contribution is 7.99. The summed E-state index contributed by atoms with van der Waals surface area (Å²) in [5.41, 5.74) is 1.18. The van der Waals surface area contributed by atoms with Gasteiger partial charge in [-0.3, -0.25) is 0 Å². The summed E-state index contributed by atoms with van der Waals surface area (Å²) >= 11 is 1.14. The fraction of sp³-hybridized carbons (Fsp3) is 0.346. The molecule has 1 saturated heterocycles. The first-order valence-corrected chi connectivity index (χ1v) is 12.9. The molecule has 0 bridgehead atoms. The van der Waals surface area contributed by atoms with Crippen LogP contribution in [0.5, 0.6) is 0 Å². The van der Waals surface area contributed by atoms with Crippen molar-refractivity contribution in [1.82, 2.24) is 30.6 Å². The normalized spacial score (nSPS) is 16.4. The van der Waals surface area contributed by atoms with Crippen LogP contribution in [0.3, 0.4) is 0 Å². The molecule has 7 nitrogen and oxygen atoms in total. The predicted octanol–water partition coefficient (Wildman–Crippen LogP) is 6.33. The minimum Gasteiger partial charge on any atom is -0.356 e. The zero-order chi connectivity index (χ0) is 26.0. The lowest BCUT2D eigenvalue weighted by atomic mass is 9.97. The van der Waals surface area contributed by atoms with Gasteiger partial charge in [-0.1, -0.05) is 55.1 Å². The topological polar surface area (TPSA) is 83.5 Å². The van der Waals surface area contributed by atoms with Gasteiger partial charge in [0, 0.05) is 40.4 Å². The van der Waals surface area contributed by atoms with E-state index in [1.807, 2.05) is 38.1 Å². The van der Waals surface area contributed by atoms with Crippen molar-refractivity contribution >= 4 is 17.6 Å². The second-order valence-electron chi connectivity index (χ2n) is 9.32. The number of rotatable bonds is 6. The Labute approximate surface area is 216 Å². The fourth-order valence-corrected chi connectivity index (χ4v) is 5.81. The van der Waals surface area contributed by atoms with Gasteiger partial charge in [0.25, 0.3) is 0 Å². The number of hydrogen-bond acceptors (Lipinski definition) is 7. The Balaban J connectivity index is 1.44. The second kappa shape index (κ2) is 10.5. The smallest absolute Gasteiger partial charge is 0.356 e. The van der Waals surface area contributed by atoms with Crippen LogP contribution in [0.15, 0.2) is 64.6 Å². The predicted molar refractivity (Wildman–Crippen MR) is 135 cm³/mol. The van der Waals surface area contributed by atoms with Crippen molar-refractivity contribution < 1.29 is 13.2 Å². The number of benzene rings is 2. The first kappa shape index (κ1) is 25.2. The monoisotopic (exact) mass is 525 g/mol. The molecule has 1 aliphatic rings. The zero-order valence-corrected chi connectivity index (χ0v) is 21.2. The number of alkyl halides is 3. The highest BCUT2D eigenvalue weighted by atomic mass is 32.2. The van der Waals surface area contributed by atoms with Gasteiger partial charge in [-0.2, -0.15) is 18.4 Å². The lowest BCUT2D eigenvalue weighted by Gasteiger charge is -2.32. The van der Waals surface area contributed by atoms with E-state index in [2.05, 4.69) is 35.5 Å². The number of piperidine rings is 1. The number of aromatic nitrogens is 6. The van der Waals surface area contributed by atoms with Gasteiger partial charge in [0.05, 0.1) is 11.3 Å². The van der Waals surface area contributed by atoms with E-state index in [-0.39, 0.29) is 16.7 Å². The van der Waals surface area contributed by atoms with E-state index in [4.69, 9.17) is 0 Å². The van der Waals surface area contributed by atoms with Crippen molar-refractivity contribution in [2.24, 2.45) is 0 Å². The zero-order valence-electron chi connectivity index (χ0n) is 20.4. The number of nitrogens with one attached hydrogen (secondary N) is 1. The third kappa shape index (κ3) is 5.61. The quantitative estimate of drug-likeness (QED) is 0.315. The number of halogens is 3. The molecule has 0 unspecified atom stereocenters. The number of hydrogen-bond donors (Lipinski definition) is 1. The Hall–Kier alpha value is -3.47. The molecule has 37 heavy (non-hydrogen) atoms. The van der Waals surface area contributed by atoms with Crippen molar-refractivity contribution in [1.29, 1.82) is 0 Å². The maximum atomic E-state index is 14.2. The van der Waals surface area contributed by atoms with Crippen LogP contribution in [-0.2, 0) is 6.18 Å². The Bertz CT molecular complexity index is 1360. The third-order valence-electron chi connectivity index (χ3n) is 6.47. The molecule has 2 aromatic carbocycles. The van der Waals surface area contributed by atoms with Crippen molar-refractivity contribution in [2.45, 2.75) is 54.5 Å². The summed E-state index contributed by atoms with van der Waals surface area (Å²) in [6.07, 6.45) is -1.26. The van der Waals surface area contributed by atoms with E-state index in [0.717, 1.165) is 41.6 Å². The molecule has 0 spiro atoms. The van der Waals surface area contributed by atoms with Gasteiger partial charge >= 0.3 is 6.18 Å². The number of H-pyrrole nitrogens is 1. The average molecular weight is 526 g/mol. The van der Waals surface area contributed by atoms with Crippen LogP contribution in [0.25, 0.3) is 11.3 Å². The van der Waals surface area contributed by atoms with Crippen LogP contribution in [0.2, 0.25) is 0 Å². The SMILES string of the molecule is CC(C)c1ccccc1Sc1ccc(-c2cc(N3CCC[C@H](c4nn[nH]n4)C3)ncn2)cc1C(F)(F)F. The van der Waals surface area contributed by atoms with E-state index < -0.39 is 11.7 Å². The number of anilines is 1. The summed E-state index contributed by atoms with van der Waals surface area (Å²) in [6.45, 7) is 5.50. The molecule has 192 valence electrons. The van der Waals surface area contributed by atoms with E-state index >= 15 is 0 Å². The molecule has 3 heterocycles. The largest absolute Gasteiger partial charge is 0.417 e. The maximum Gasteiger partial charge on any atom is 0.417 e. The van der Waals surface area contributed by atoms with Crippen LogP contribution in [-0.4, -0.2) is 43.7 Å². The summed E-state index contributed by atoms with van der Waals surface area (Å²) in [4.78, 5) is 11.8. The van der Waals surface area contributed by atoms with Crippen molar-refractivity contribution in [3.05, 3.63) is 71.8 Å². The van der Waals surface area contributed by atoms with Crippen LogP contribution in [0.4, 0.5) is 19.0 Å². The molecule has 0 saturated carbocycles. The van der Waals surface area contributed by atoms with Crippen LogP contribution in [0.1, 0.15) is 55.5 Å². The Kier molecular flexibility index (Phi) is 7.14. The summed E-state index contributed by atoms with van der Waals surface area (Å²) in [7, 11) is 0. The standard InChI is InChI=1S/C26H26F3N7S/c1-16(2)19-7-3-4-8-22(19)37-23-10-9-17(12-20(23)26(27,28)29)21-13-24(31-15-30-21)36-11-5-6-18(14-36)25-32-34-35-33-25/h3-4,7-10,12-13,15-16,18H,5-6,11,14H2,1-2H3,(H,32,33,34,35)/t18-/m0/s1. The lowest BCUT2D eigenvalue weighted by molar-refractivity contribution is -0.139. The molecule has 0 amide bonds. The van der Waals surface area contributed by atoms with Gasteiger partial charge in [-0.05, 0) is 42.5 Å². The Morgan fingerprint density at radius 2 is 1.89 bits per heavy atom. The van der Waals surface area contributed by atoms with Crippen LogP contribution in [0, 0.1) is 0 Å². The molecule has 5 rings (SSSR count). The summed E-state index contributed by atoms with van der Waals surface area (Å²) in [5, 5.41) is 14.3. The Morgan fingerprint density at radius 1 is 1.05 bits per heavy atom. The molecule has 1 aliphatic heterocycles. The van der Waals surface area contributed by atoms with Crippen LogP contribution >= 0.6 is 11.8 Å². The van der Waals surface area contributed by atoms with Crippen LogP contribution < -0.4 is 4.90 Å². The third-order valence-corrected chi connectivity index (χ3v) is 7.63. The fourth-order valence-electron chi connectivity index (χ4n) is 4.59. The van der Waals surface area contributed by atoms with E-state index in [1.165, 1.54) is 18.5 Å². The molecule has 2 aromatic heterocycles. The van der Waals surface area contributed by atoms with Gasteiger partial charge in [0.15, 0.2) is 5.82 Å². The first-order valence-electron chi connectivity index (χ1n) is 12.1. The van der Waals surface area contributed by atoms with Gasteiger partial charge in [-0.15, -0.1) is 10.2 Å². The minimum absolute atomic E-state index is 0.104. The van der Waals surface area contributed by atoms with Gasteiger partial charge in [-0.25, -0.2) is 9.97 Å². The number of nitrogens with zero attached hydrogens (tertiary/aromatic N) is 6. The summed E-state index contributed by atoms with van der Waals surface area (Å²) < 4.78 is 42.5. The van der Waals surface area contributed by atoms with Crippen molar-refractivity contribution in [3.8, 4) is 11.3 Å². The highest BCUT2D eigenvalue weighted by Gasteiger charge is 2.34.